The van der Waals surface area contributed by atoms with E-state index in [0.717, 1.165) is 5.56 Å². The number of rotatable bonds is 5. The fourth-order valence-corrected chi connectivity index (χ4v) is 1.27. The molecule has 4 nitrogen and oxygen atoms in total. The molecule has 80 valence electrons. The standard InChI is InChI=1S/C10H10ClNO3/c1-2-5-15-10-6-9(12(13)14)4-3-8(10)7-11/h2-4,6H,1,5,7H2. The van der Waals surface area contributed by atoms with Gasteiger partial charge in [-0.3, -0.25) is 10.1 Å². The van der Waals surface area contributed by atoms with E-state index >= 15 is 0 Å². The Morgan fingerprint density at radius 2 is 2.33 bits per heavy atom. The molecule has 1 rings (SSSR count). The van der Waals surface area contributed by atoms with Crippen LogP contribution in [0.15, 0.2) is 30.9 Å². The third-order valence-electron chi connectivity index (χ3n) is 1.76. The van der Waals surface area contributed by atoms with Crippen LogP contribution in [0, 0.1) is 10.1 Å². The number of benzene rings is 1. The first-order chi connectivity index (χ1) is 7.19. The highest BCUT2D eigenvalue weighted by molar-refractivity contribution is 6.17. The Kier molecular flexibility index (Phi) is 4.12. The van der Waals surface area contributed by atoms with Crippen LogP contribution in [0.3, 0.4) is 0 Å². The number of nitrogens with zero attached hydrogens (tertiary/aromatic N) is 1. The summed E-state index contributed by atoms with van der Waals surface area (Å²) < 4.78 is 5.26. The van der Waals surface area contributed by atoms with E-state index in [1.165, 1.54) is 12.1 Å². The van der Waals surface area contributed by atoms with E-state index in [-0.39, 0.29) is 11.6 Å². The normalized spacial score (nSPS) is 9.67. The summed E-state index contributed by atoms with van der Waals surface area (Å²) in [4.78, 5) is 10.1. The van der Waals surface area contributed by atoms with Crippen LogP contribution in [-0.2, 0) is 5.88 Å². The maximum atomic E-state index is 10.5. The monoisotopic (exact) mass is 227 g/mol. The van der Waals surface area contributed by atoms with Gasteiger partial charge in [-0.15, -0.1) is 11.6 Å². The second kappa shape index (κ2) is 5.36. The minimum atomic E-state index is -0.473. The second-order valence-electron chi connectivity index (χ2n) is 2.78. The number of hydrogen-bond donors (Lipinski definition) is 0. The molecule has 0 fully saturated rings. The number of ether oxygens (including phenoxy) is 1. The maximum absolute atomic E-state index is 10.5. The fraction of sp³-hybridized carbons (Fsp3) is 0.200. The van der Waals surface area contributed by atoms with Crippen molar-refractivity contribution in [1.29, 1.82) is 0 Å². The third kappa shape index (κ3) is 2.95. The number of nitro benzene ring substituents is 1. The van der Waals surface area contributed by atoms with Crippen molar-refractivity contribution in [2.75, 3.05) is 6.61 Å². The minimum absolute atomic E-state index is 0.0112. The molecule has 1 aromatic carbocycles. The predicted octanol–water partition coefficient (Wildman–Crippen LogP) is 2.90. The van der Waals surface area contributed by atoms with Gasteiger partial charge in [-0.25, -0.2) is 0 Å². The summed E-state index contributed by atoms with van der Waals surface area (Å²) in [5, 5.41) is 10.5. The molecule has 15 heavy (non-hydrogen) atoms. The Labute approximate surface area is 92.3 Å². The van der Waals surface area contributed by atoms with Gasteiger partial charge >= 0.3 is 0 Å². The maximum Gasteiger partial charge on any atom is 0.273 e. The zero-order valence-electron chi connectivity index (χ0n) is 7.98. The van der Waals surface area contributed by atoms with Gasteiger partial charge in [0.15, 0.2) is 0 Å². The molecule has 0 atom stereocenters. The first kappa shape index (κ1) is 11.5. The third-order valence-corrected chi connectivity index (χ3v) is 2.05. The number of non-ortho nitro benzene ring substituents is 1. The molecule has 0 aliphatic rings. The van der Waals surface area contributed by atoms with Crippen LogP contribution in [0.25, 0.3) is 0 Å². The molecule has 0 N–H and O–H groups in total. The quantitative estimate of drug-likeness (QED) is 0.336. The number of halogens is 1. The molecule has 0 saturated heterocycles. The lowest BCUT2D eigenvalue weighted by molar-refractivity contribution is -0.384. The van der Waals surface area contributed by atoms with Gasteiger partial charge in [0.1, 0.15) is 12.4 Å². The Bertz CT molecular complexity index is 379. The lowest BCUT2D eigenvalue weighted by atomic mass is 10.2. The molecular weight excluding hydrogens is 218 g/mol. The van der Waals surface area contributed by atoms with Crippen LogP contribution >= 0.6 is 11.6 Å². The molecule has 0 aromatic heterocycles. The van der Waals surface area contributed by atoms with Crippen molar-refractivity contribution in [3.63, 3.8) is 0 Å². The molecular formula is C10H10ClNO3. The van der Waals surface area contributed by atoms with E-state index in [1.54, 1.807) is 12.1 Å². The molecule has 0 saturated carbocycles. The molecule has 0 spiro atoms. The molecule has 1 aromatic rings. The molecule has 5 heteroatoms. The number of hydrogen-bond acceptors (Lipinski definition) is 3. The van der Waals surface area contributed by atoms with Crippen molar-refractivity contribution >= 4 is 17.3 Å². The highest BCUT2D eigenvalue weighted by atomic mass is 35.5. The first-order valence-electron chi connectivity index (χ1n) is 4.26. The largest absolute Gasteiger partial charge is 0.489 e. The van der Waals surface area contributed by atoms with Gasteiger partial charge in [0, 0.05) is 11.6 Å². The summed E-state index contributed by atoms with van der Waals surface area (Å²) in [6.07, 6.45) is 1.57. The summed E-state index contributed by atoms with van der Waals surface area (Å²) in [5.74, 6) is 0.684. The summed E-state index contributed by atoms with van der Waals surface area (Å²) >= 11 is 5.67. The van der Waals surface area contributed by atoms with Gasteiger partial charge in [0.05, 0.1) is 16.9 Å². The SMILES string of the molecule is C=CCOc1cc([N+](=O)[O-])ccc1CCl. The van der Waals surface area contributed by atoms with E-state index in [9.17, 15) is 10.1 Å². The summed E-state index contributed by atoms with van der Waals surface area (Å²) in [7, 11) is 0. The Morgan fingerprint density at radius 3 is 2.87 bits per heavy atom. The average Bonchev–Trinajstić information content (AvgIpc) is 2.25. The van der Waals surface area contributed by atoms with Crippen molar-refractivity contribution in [3.05, 3.63) is 46.5 Å². The molecule has 0 amide bonds. The molecule has 0 radical (unpaired) electrons. The van der Waals surface area contributed by atoms with Gasteiger partial charge in [-0.1, -0.05) is 12.7 Å². The summed E-state index contributed by atoms with van der Waals surface area (Å²) in [6, 6.07) is 4.35. The van der Waals surface area contributed by atoms with Gasteiger partial charge in [0.25, 0.3) is 5.69 Å². The zero-order chi connectivity index (χ0) is 11.3. The van der Waals surface area contributed by atoms with Crippen LogP contribution < -0.4 is 4.74 Å². The van der Waals surface area contributed by atoms with Crippen molar-refractivity contribution in [3.8, 4) is 5.75 Å². The van der Waals surface area contributed by atoms with Gasteiger partial charge in [-0.2, -0.15) is 0 Å². The fourth-order valence-electron chi connectivity index (χ4n) is 1.05. The van der Waals surface area contributed by atoms with Crippen LogP contribution in [0.2, 0.25) is 0 Å². The number of nitro groups is 1. The van der Waals surface area contributed by atoms with Crippen molar-refractivity contribution in [2.24, 2.45) is 0 Å². The summed E-state index contributed by atoms with van der Waals surface area (Å²) in [6.45, 7) is 3.79. The van der Waals surface area contributed by atoms with E-state index in [1.807, 2.05) is 0 Å². The Morgan fingerprint density at radius 1 is 1.60 bits per heavy atom. The average molecular weight is 228 g/mol. The Hall–Kier alpha value is -1.55. The summed E-state index contributed by atoms with van der Waals surface area (Å²) in [5.41, 5.74) is 0.715. The molecule has 0 bridgehead atoms. The minimum Gasteiger partial charge on any atom is -0.489 e. The van der Waals surface area contributed by atoms with Gasteiger partial charge < -0.3 is 4.74 Å². The van der Waals surface area contributed by atoms with Crippen LogP contribution in [0.4, 0.5) is 5.69 Å². The Balaban J connectivity index is 3.01. The molecule has 0 aliphatic heterocycles. The van der Waals surface area contributed by atoms with Crippen LogP contribution in [0.5, 0.6) is 5.75 Å². The van der Waals surface area contributed by atoms with E-state index < -0.39 is 4.92 Å². The molecule has 0 unspecified atom stereocenters. The van der Waals surface area contributed by atoms with E-state index in [0.29, 0.717) is 12.4 Å². The van der Waals surface area contributed by atoms with E-state index in [4.69, 9.17) is 16.3 Å². The van der Waals surface area contributed by atoms with E-state index in [2.05, 4.69) is 6.58 Å². The molecule has 0 heterocycles. The predicted molar refractivity (Wildman–Crippen MR) is 58.3 cm³/mol. The van der Waals surface area contributed by atoms with Crippen molar-refractivity contribution < 1.29 is 9.66 Å². The highest BCUT2D eigenvalue weighted by Crippen LogP contribution is 2.26. The first-order valence-corrected chi connectivity index (χ1v) is 4.79. The van der Waals surface area contributed by atoms with Gasteiger partial charge in [-0.05, 0) is 6.07 Å². The van der Waals surface area contributed by atoms with Crippen molar-refractivity contribution in [1.82, 2.24) is 0 Å². The lowest BCUT2D eigenvalue weighted by Crippen LogP contribution is -1.98. The van der Waals surface area contributed by atoms with Gasteiger partial charge in [0.2, 0.25) is 0 Å². The smallest absolute Gasteiger partial charge is 0.273 e. The zero-order valence-corrected chi connectivity index (χ0v) is 8.74. The van der Waals surface area contributed by atoms with Crippen LogP contribution in [0.1, 0.15) is 5.56 Å². The molecule has 0 aliphatic carbocycles. The number of alkyl halides is 1. The highest BCUT2D eigenvalue weighted by Gasteiger charge is 2.10. The topological polar surface area (TPSA) is 52.4 Å². The second-order valence-corrected chi connectivity index (χ2v) is 3.05. The van der Waals surface area contributed by atoms with Crippen molar-refractivity contribution in [2.45, 2.75) is 5.88 Å². The lowest BCUT2D eigenvalue weighted by Gasteiger charge is -2.07. The van der Waals surface area contributed by atoms with Crippen LogP contribution in [-0.4, -0.2) is 11.5 Å².